The van der Waals surface area contributed by atoms with Gasteiger partial charge in [0, 0.05) is 67.5 Å². The molecule has 0 spiro atoms. The summed E-state index contributed by atoms with van der Waals surface area (Å²) in [6.45, 7) is 6.62. The number of benzene rings is 1. The Kier molecular flexibility index (Phi) is 5.80. The van der Waals surface area contributed by atoms with Crippen LogP contribution in [0.15, 0.2) is 12.1 Å². The lowest BCUT2D eigenvalue weighted by molar-refractivity contribution is -0.131. The smallest absolute Gasteiger partial charge is 0.231 e. The van der Waals surface area contributed by atoms with Crippen LogP contribution >= 0.6 is 11.6 Å². The van der Waals surface area contributed by atoms with Crippen LogP contribution in [-0.2, 0) is 24.9 Å². The van der Waals surface area contributed by atoms with Crippen molar-refractivity contribution >= 4 is 17.5 Å². The van der Waals surface area contributed by atoms with Crippen LogP contribution < -0.4 is 9.47 Å². The minimum absolute atomic E-state index is 0.200. The monoisotopic (exact) mass is 458 g/mol. The first kappa shape index (κ1) is 21.6. The molecule has 1 aromatic heterocycles. The molecule has 0 bridgehead atoms. The lowest BCUT2D eigenvalue weighted by atomic mass is 10.0. The van der Waals surface area contributed by atoms with Crippen molar-refractivity contribution in [1.29, 1.82) is 0 Å². The predicted octanol–water partition coefficient (Wildman–Crippen LogP) is 3.96. The Morgan fingerprint density at radius 3 is 2.53 bits per heavy atom. The lowest BCUT2D eigenvalue weighted by Gasteiger charge is -2.31. The van der Waals surface area contributed by atoms with Crippen molar-refractivity contribution in [1.82, 2.24) is 19.6 Å². The number of hydrogen-bond donors (Lipinski definition) is 0. The van der Waals surface area contributed by atoms with Gasteiger partial charge in [0.25, 0.3) is 0 Å². The number of carbonyl (C=O) groups excluding carboxylic acids is 1. The predicted molar refractivity (Wildman–Crippen MR) is 122 cm³/mol. The Morgan fingerprint density at radius 2 is 1.84 bits per heavy atom. The molecule has 1 aliphatic carbocycles. The van der Waals surface area contributed by atoms with Crippen molar-refractivity contribution in [2.24, 2.45) is 7.05 Å². The van der Waals surface area contributed by atoms with Crippen LogP contribution in [0.3, 0.4) is 0 Å². The quantitative estimate of drug-likeness (QED) is 0.655. The van der Waals surface area contributed by atoms with Gasteiger partial charge >= 0.3 is 0 Å². The standard InChI is InChI=1S/C24H31ClN4O3/c1-15-20(16(2)27(3)26-15)13-29(18-4-5-18)19-6-7-24(30)28(9-8-19)12-17-10-22-23(11-21(17)25)32-14-31-22/h10-11,18-19H,4-9,12-14H2,1-3H3/t19-/m1/s1. The maximum atomic E-state index is 13.0. The van der Waals surface area contributed by atoms with Crippen LogP contribution in [0.5, 0.6) is 11.5 Å². The van der Waals surface area contributed by atoms with Crippen LogP contribution in [0.4, 0.5) is 0 Å². The number of halogens is 1. The van der Waals surface area contributed by atoms with E-state index in [0.717, 1.165) is 37.2 Å². The highest BCUT2D eigenvalue weighted by Crippen LogP contribution is 2.38. The zero-order valence-corrected chi connectivity index (χ0v) is 19.8. The van der Waals surface area contributed by atoms with Crippen molar-refractivity contribution in [3.05, 3.63) is 39.7 Å². The van der Waals surface area contributed by atoms with E-state index in [1.54, 1.807) is 6.07 Å². The van der Waals surface area contributed by atoms with Crippen LogP contribution in [0.1, 0.15) is 54.6 Å². The van der Waals surface area contributed by atoms with Crippen LogP contribution in [0.2, 0.25) is 5.02 Å². The summed E-state index contributed by atoms with van der Waals surface area (Å²) in [7, 11) is 2.01. The fraction of sp³-hybridized carbons (Fsp3) is 0.583. The number of rotatable bonds is 6. The van der Waals surface area contributed by atoms with E-state index >= 15 is 0 Å². The number of likely N-dealkylation sites (tertiary alicyclic amines) is 1. The third-order valence-electron chi connectivity index (χ3n) is 7.16. The Labute approximate surface area is 194 Å². The van der Waals surface area contributed by atoms with Crippen molar-refractivity contribution in [2.45, 2.75) is 71.1 Å². The number of nitrogens with zero attached hydrogens (tertiary/aromatic N) is 4. The molecule has 1 atom stereocenters. The van der Waals surface area contributed by atoms with Gasteiger partial charge in [-0.25, -0.2) is 0 Å². The third kappa shape index (κ3) is 4.20. The first-order chi connectivity index (χ1) is 15.4. The van der Waals surface area contributed by atoms with Gasteiger partial charge in [0.1, 0.15) is 0 Å². The fourth-order valence-electron chi connectivity index (χ4n) is 5.00. The molecule has 5 rings (SSSR count). The molecule has 1 saturated carbocycles. The number of ether oxygens (including phenoxy) is 2. The van der Waals surface area contributed by atoms with E-state index in [1.165, 1.54) is 24.1 Å². The highest BCUT2D eigenvalue weighted by Gasteiger charge is 2.36. The Hall–Kier alpha value is -2.25. The van der Waals surface area contributed by atoms with Gasteiger partial charge in [-0.2, -0.15) is 5.10 Å². The molecule has 3 heterocycles. The molecule has 1 saturated heterocycles. The molecule has 3 aliphatic rings. The van der Waals surface area contributed by atoms with Crippen molar-refractivity contribution in [3.63, 3.8) is 0 Å². The summed E-state index contributed by atoms with van der Waals surface area (Å²) in [5.74, 6) is 1.57. The van der Waals surface area contributed by atoms with Crippen molar-refractivity contribution in [2.75, 3.05) is 13.3 Å². The number of amides is 1. The van der Waals surface area contributed by atoms with E-state index in [0.29, 0.717) is 41.6 Å². The topological polar surface area (TPSA) is 59.8 Å². The highest BCUT2D eigenvalue weighted by molar-refractivity contribution is 6.31. The van der Waals surface area contributed by atoms with Gasteiger partial charge in [-0.05, 0) is 51.2 Å². The maximum Gasteiger partial charge on any atom is 0.231 e. The molecule has 7 nitrogen and oxygen atoms in total. The fourth-order valence-corrected chi connectivity index (χ4v) is 5.21. The number of aryl methyl sites for hydroxylation is 2. The van der Waals surface area contributed by atoms with Crippen LogP contribution in [-0.4, -0.2) is 50.9 Å². The normalized spacial score (nSPS) is 20.8. The van der Waals surface area contributed by atoms with E-state index in [-0.39, 0.29) is 12.7 Å². The summed E-state index contributed by atoms with van der Waals surface area (Å²) in [4.78, 5) is 17.6. The van der Waals surface area contributed by atoms with E-state index in [1.807, 2.05) is 22.7 Å². The van der Waals surface area contributed by atoms with Gasteiger partial charge in [0.15, 0.2) is 11.5 Å². The first-order valence-electron chi connectivity index (χ1n) is 11.5. The number of hydrogen-bond acceptors (Lipinski definition) is 5. The second kappa shape index (κ2) is 8.60. The van der Waals surface area contributed by atoms with E-state index in [2.05, 4.69) is 23.8 Å². The number of aromatic nitrogens is 2. The van der Waals surface area contributed by atoms with Gasteiger partial charge in [-0.3, -0.25) is 14.4 Å². The minimum Gasteiger partial charge on any atom is -0.454 e. The highest BCUT2D eigenvalue weighted by atomic mass is 35.5. The minimum atomic E-state index is 0.200. The van der Waals surface area contributed by atoms with Crippen LogP contribution in [0, 0.1) is 13.8 Å². The van der Waals surface area contributed by atoms with E-state index in [9.17, 15) is 4.79 Å². The second-order valence-corrected chi connectivity index (χ2v) is 9.68. The van der Waals surface area contributed by atoms with Gasteiger partial charge in [0.05, 0.1) is 5.69 Å². The molecular weight excluding hydrogens is 428 g/mol. The van der Waals surface area contributed by atoms with Gasteiger partial charge in [0.2, 0.25) is 12.7 Å². The maximum absolute atomic E-state index is 13.0. The average molecular weight is 459 g/mol. The zero-order chi connectivity index (χ0) is 22.4. The van der Waals surface area contributed by atoms with Gasteiger partial charge < -0.3 is 14.4 Å². The largest absolute Gasteiger partial charge is 0.454 e. The molecule has 1 aromatic carbocycles. The molecule has 0 radical (unpaired) electrons. The average Bonchev–Trinajstić information content (AvgIpc) is 3.49. The van der Waals surface area contributed by atoms with E-state index in [4.69, 9.17) is 21.1 Å². The summed E-state index contributed by atoms with van der Waals surface area (Å²) in [6.07, 6.45) is 4.95. The Balaban J connectivity index is 1.29. The Morgan fingerprint density at radius 1 is 1.12 bits per heavy atom. The Bertz CT molecular complexity index is 1030. The van der Waals surface area contributed by atoms with Crippen molar-refractivity contribution in [3.8, 4) is 11.5 Å². The molecule has 172 valence electrons. The molecular formula is C24H31ClN4O3. The summed E-state index contributed by atoms with van der Waals surface area (Å²) in [5.41, 5.74) is 4.58. The third-order valence-corrected chi connectivity index (χ3v) is 7.52. The molecule has 8 heteroatoms. The molecule has 2 fully saturated rings. The number of carbonyl (C=O) groups is 1. The molecule has 0 N–H and O–H groups in total. The molecule has 1 amide bonds. The van der Waals surface area contributed by atoms with Crippen LogP contribution in [0.25, 0.3) is 0 Å². The SMILES string of the molecule is Cc1nn(C)c(C)c1CN(C1CC1)[C@@H]1CCC(=O)N(Cc2cc3c(cc2Cl)OCO3)CC1. The van der Waals surface area contributed by atoms with Crippen molar-refractivity contribution < 1.29 is 14.3 Å². The second-order valence-electron chi connectivity index (χ2n) is 9.27. The van der Waals surface area contributed by atoms with Gasteiger partial charge in [-0.15, -0.1) is 0 Å². The zero-order valence-electron chi connectivity index (χ0n) is 19.1. The molecule has 2 aliphatic heterocycles. The number of fused-ring (bicyclic) bond motifs is 1. The summed E-state index contributed by atoms with van der Waals surface area (Å²) < 4.78 is 12.9. The van der Waals surface area contributed by atoms with E-state index < -0.39 is 0 Å². The summed E-state index contributed by atoms with van der Waals surface area (Å²) in [6, 6.07) is 4.73. The first-order valence-corrected chi connectivity index (χ1v) is 11.9. The lowest BCUT2D eigenvalue weighted by Crippen LogP contribution is -2.37. The summed E-state index contributed by atoms with van der Waals surface area (Å²) in [5, 5.41) is 5.22. The van der Waals surface area contributed by atoms with Gasteiger partial charge in [-0.1, -0.05) is 11.6 Å². The molecule has 32 heavy (non-hydrogen) atoms. The molecule has 0 unspecified atom stereocenters. The molecule has 2 aromatic rings. The summed E-state index contributed by atoms with van der Waals surface area (Å²) >= 11 is 6.48.